The first-order valence-electron chi connectivity index (χ1n) is 8.36. The first kappa shape index (κ1) is 17.9. The van der Waals surface area contributed by atoms with Crippen LogP contribution in [0.1, 0.15) is 17.0 Å². The van der Waals surface area contributed by atoms with Gasteiger partial charge in [0.15, 0.2) is 0 Å². The van der Waals surface area contributed by atoms with E-state index >= 15 is 0 Å². The molecule has 0 atom stereocenters. The summed E-state index contributed by atoms with van der Waals surface area (Å²) < 4.78 is 6.89. The monoisotopic (exact) mass is 442 g/mol. The summed E-state index contributed by atoms with van der Waals surface area (Å²) in [6.45, 7) is 4.26. The van der Waals surface area contributed by atoms with Crippen LogP contribution in [-0.4, -0.2) is 19.9 Å². The molecule has 1 N–H and O–H groups in total. The van der Waals surface area contributed by atoms with Gasteiger partial charge in [0.2, 0.25) is 0 Å². The second kappa shape index (κ2) is 7.29. The second-order valence-corrected chi connectivity index (χ2v) is 7.51. The minimum absolute atomic E-state index is 0.311. The molecule has 0 unspecified atom stereocenters. The van der Waals surface area contributed by atoms with Crippen molar-refractivity contribution in [2.24, 2.45) is 0 Å². The van der Waals surface area contributed by atoms with Gasteiger partial charge in [0.05, 0.1) is 5.02 Å². The van der Waals surface area contributed by atoms with E-state index in [4.69, 9.17) is 21.3 Å². The zero-order valence-electron chi connectivity index (χ0n) is 14.8. The molecule has 0 spiro atoms. The maximum Gasteiger partial charge on any atom is 0.146 e. The molecule has 4 aromatic rings. The van der Waals surface area contributed by atoms with Gasteiger partial charge in [-0.2, -0.15) is 0 Å². The van der Waals surface area contributed by atoms with Crippen molar-refractivity contribution in [1.29, 1.82) is 0 Å². The number of benzene rings is 1. The summed E-state index contributed by atoms with van der Waals surface area (Å²) in [5, 5.41) is 1.54. The summed E-state index contributed by atoms with van der Waals surface area (Å²) in [6, 6.07) is 7.92. The van der Waals surface area contributed by atoms with Crippen LogP contribution in [0.15, 0.2) is 47.3 Å². The third-order valence-electron chi connectivity index (χ3n) is 4.21. The Bertz CT molecular complexity index is 1120. The predicted molar refractivity (Wildman–Crippen MR) is 110 cm³/mol. The van der Waals surface area contributed by atoms with Crippen molar-refractivity contribution >= 4 is 38.4 Å². The van der Waals surface area contributed by atoms with Crippen LogP contribution in [0.5, 0.6) is 5.75 Å². The Morgan fingerprint density at radius 3 is 2.78 bits per heavy atom. The molecular weight excluding hydrogens is 428 g/mol. The lowest BCUT2D eigenvalue weighted by Crippen LogP contribution is -2.00. The van der Waals surface area contributed by atoms with Crippen LogP contribution in [0, 0.1) is 13.8 Å². The molecule has 4 rings (SSSR count). The molecule has 0 radical (unpaired) electrons. The van der Waals surface area contributed by atoms with Crippen molar-refractivity contribution in [3.05, 3.63) is 69.3 Å². The smallest absolute Gasteiger partial charge is 0.146 e. The van der Waals surface area contributed by atoms with E-state index in [-0.39, 0.29) is 0 Å². The molecule has 5 nitrogen and oxygen atoms in total. The van der Waals surface area contributed by atoms with E-state index in [0.29, 0.717) is 17.4 Å². The van der Waals surface area contributed by atoms with Crippen LogP contribution in [-0.2, 0) is 6.61 Å². The molecule has 136 valence electrons. The lowest BCUT2D eigenvalue weighted by molar-refractivity contribution is 0.308. The minimum atomic E-state index is 0.311. The normalized spacial score (nSPS) is 11.1. The van der Waals surface area contributed by atoms with Crippen LogP contribution in [0.25, 0.3) is 22.3 Å². The van der Waals surface area contributed by atoms with E-state index in [0.717, 1.165) is 43.7 Å². The fourth-order valence-electron chi connectivity index (χ4n) is 2.94. The molecule has 7 heteroatoms. The number of nitrogens with one attached hydrogen (secondary N) is 1. The molecule has 27 heavy (non-hydrogen) atoms. The van der Waals surface area contributed by atoms with E-state index < -0.39 is 0 Å². The topological polar surface area (TPSA) is 63.7 Å². The number of H-pyrrole nitrogens is 1. The van der Waals surface area contributed by atoms with E-state index in [9.17, 15) is 0 Å². The fourth-order valence-corrected chi connectivity index (χ4v) is 3.71. The van der Waals surface area contributed by atoms with Gasteiger partial charge in [0.1, 0.15) is 23.7 Å². The van der Waals surface area contributed by atoms with Gasteiger partial charge in [-0.1, -0.05) is 23.7 Å². The SMILES string of the molecule is Cc1cc(-c2ncc(C)[nH]2)c2cccc(OCc3c(Cl)cncc3Br)c2n1. The number of rotatable bonds is 4. The zero-order valence-corrected chi connectivity index (χ0v) is 17.1. The number of para-hydroxylation sites is 1. The maximum atomic E-state index is 6.25. The lowest BCUT2D eigenvalue weighted by Gasteiger charge is -2.13. The molecule has 0 aliphatic rings. The molecule has 0 amide bonds. The number of fused-ring (bicyclic) bond motifs is 1. The second-order valence-electron chi connectivity index (χ2n) is 6.25. The summed E-state index contributed by atoms with van der Waals surface area (Å²) in [5.41, 5.74) is 4.54. The number of aryl methyl sites for hydroxylation is 2. The molecule has 0 aliphatic heterocycles. The average molecular weight is 444 g/mol. The van der Waals surface area contributed by atoms with E-state index in [1.807, 2.05) is 44.3 Å². The number of nitrogens with zero attached hydrogens (tertiary/aromatic N) is 3. The lowest BCUT2D eigenvalue weighted by atomic mass is 10.1. The quantitative estimate of drug-likeness (QED) is 0.444. The first-order chi connectivity index (χ1) is 13.0. The molecule has 0 saturated heterocycles. The Kier molecular flexibility index (Phi) is 4.85. The van der Waals surface area contributed by atoms with Crippen molar-refractivity contribution in [3.63, 3.8) is 0 Å². The van der Waals surface area contributed by atoms with Crippen LogP contribution >= 0.6 is 27.5 Å². The minimum Gasteiger partial charge on any atom is -0.487 e. The summed E-state index contributed by atoms with van der Waals surface area (Å²) in [6.07, 6.45) is 5.13. The Hall–Kier alpha value is -2.44. The summed E-state index contributed by atoms with van der Waals surface area (Å²) in [5.74, 6) is 1.51. The van der Waals surface area contributed by atoms with E-state index in [1.54, 1.807) is 12.4 Å². The van der Waals surface area contributed by atoms with Crippen molar-refractivity contribution in [3.8, 4) is 17.1 Å². The summed E-state index contributed by atoms with van der Waals surface area (Å²) in [4.78, 5) is 16.5. The molecule has 0 aliphatic carbocycles. The van der Waals surface area contributed by atoms with Gasteiger partial charge in [-0.3, -0.25) is 4.98 Å². The molecule has 1 aromatic carbocycles. The van der Waals surface area contributed by atoms with Crippen molar-refractivity contribution in [2.75, 3.05) is 0 Å². The number of imidazole rings is 1. The van der Waals surface area contributed by atoms with E-state index in [1.165, 1.54) is 0 Å². The fraction of sp³-hybridized carbons (Fsp3) is 0.150. The number of halogens is 2. The van der Waals surface area contributed by atoms with E-state index in [2.05, 4.69) is 30.9 Å². The summed E-state index contributed by atoms with van der Waals surface area (Å²) in [7, 11) is 0. The Balaban J connectivity index is 1.77. The number of ether oxygens (including phenoxy) is 1. The number of aromatic amines is 1. The molecule has 3 heterocycles. The summed E-state index contributed by atoms with van der Waals surface area (Å²) >= 11 is 9.72. The standard InChI is InChI=1S/C20H16BrClN4O/c1-11-6-14(20-24-7-12(2)26-20)13-4-3-5-18(19(13)25-11)27-10-15-16(21)8-23-9-17(15)22/h3-9H,10H2,1-2H3,(H,24,26). The maximum absolute atomic E-state index is 6.25. The van der Waals surface area contributed by atoms with Crippen molar-refractivity contribution in [2.45, 2.75) is 20.5 Å². The number of hydrogen-bond donors (Lipinski definition) is 1. The van der Waals surface area contributed by atoms with Crippen molar-refractivity contribution < 1.29 is 4.74 Å². The van der Waals surface area contributed by atoms with Gasteiger partial charge in [-0.25, -0.2) is 9.97 Å². The van der Waals surface area contributed by atoms with Crippen LogP contribution in [0.3, 0.4) is 0 Å². The van der Waals surface area contributed by atoms with Gasteiger partial charge >= 0.3 is 0 Å². The molecule has 3 aromatic heterocycles. The third-order valence-corrected chi connectivity index (χ3v) is 5.22. The average Bonchev–Trinajstić information content (AvgIpc) is 3.07. The number of pyridine rings is 2. The first-order valence-corrected chi connectivity index (χ1v) is 9.53. The predicted octanol–water partition coefficient (Wildman–Crippen LogP) is 5.63. The van der Waals surface area contributed by atoms with Gasteiger partial charge in [0, 0.05) is 51.0 Å². The highest BCUT2D eigenvalue weighted by Crippen LogP contribution is 2.33. The molecule has 0 bridgehead atoms. The zero-order chi connectivity index (χ0) is 19.0. The van der Waals surface area contributed by atoms with Crippen LogP contribution < -0.4 is 4.74 Å². The highest BCUT2D eigenvalue weighted by molar-refractivity contribution is 9.10. The largest absolute Gasteiger partial charge is 0.487 e. The highest BCUT2D eigenvalue weighted by atomic mass is 79.9. The van der Waals surface area contributed by atoms with Gasteiger partial charge < -0.3 is 9.72 Å². The van der Waals surface area contributed by atoms with Gasteiger partial charge in [0.25, 0.3) is 0 Å². The molecular formula is C20H16BrClN4O. The third kappa shape index (κ3) is 3.55. The van der Waals surface area contributed by atoms with Crippen molar-refractivity contribution in [1.82, 2.24) is 19.9 Å². The number of hydrogen-bond acceptors (Lipinski definition) is 4. The molecule has 0 fully saturated rings. The number of aromatic nitrogens is 4. The van der Waals surface area contributed by atoms with Crippen LogP contribution in [0.2, 0.25) is 5.02 Å². The Morgan fingerprint density at radius 2 is 2.04 bits per heavy atom. The Labute approximate surface area is 169 Å². The Morgan fingerprint density at radius 1 is 1.19 bits per heavy atom. The van der Waals surface area contributed by atoms with Gasteiger partial charge in [-0.15, -0.1) is 0 Å². The highest BCUT2D eigenvalue weighted by Gasteiger charge is 2.14. The van der Waals surface area contributed by atoms with Crippen LogP contribution in [0.4, 0.5) is 0 Å². The molecule has 0 saturated carbocycles. The van der Waals surface area contributed by atoms with Gasteiger partial charge in [-0.05, 0) is 41.9 Å².